The van der Waals surface area contributed by atoms with E-state index in [1.54, 1.807) is 49.0 Å². The number of hydrogen-bond acceptors (Lipinski definition) is 5. The molecule has 0 aromatic carbocycles. The quantitative estimate of drug-likeness (QED) is 0.818. The Morgan fingerprint density at radius 3 is 2.67 bits per heavy atom. The number of carbonyl (C=O) groups is 1. The summed E-state index contributed by atoms with van der Waals surface area (Å²) in [5.74, 6) is -0.195. The maximum Gasteiger partial charge on any atom is 0.253 e. The molecule has 2 heterocycles. The van der Waals surface area contributed by atoms with Crippen LogP contribution in [0.2, 0.25) is 0 Å². The molecule has 2 aromatic heterocycles. The minimum atomic E-state index is -3.70. The van der Waals surface area contributed by atoms with Crippen LogP contribution in [-0.2, 0) is 21.4 Å². The van der Waals surface area contributed by atoms with Gasteiger partial charge >= 0.3 is 0 Å². The van der Waals surface area contributed by atoms with E-state index in [1.165, 1.54) is 11.2 Å². The molecule has 0 radical (unpaired) electrons. The zero-order valence-corrected chi connectivity index (χ0v) is 13.4. The van der Waals surface area contributed by atoms with E-state index in [1.807, 2.05) is 0 Å². The Kier molecular flexibility index (Phi) is 4.87. The van der Waals surface area contributed by atoms with Crippen LogP contribution in [0.3, 0.4) is 0 Å². The molecule has 0 aliphatic rings. The number of Topliss-reactive ketones (excluding diaryl/α,β-unsaturated/α-hetero) is 1. The third kappa shape index (κ3) is 3.55. The lowest BCUT2D eigenvalue weighted by Gasteiger charge is -2.26. The summed E-state index contributed by atoms with van der Waals surface area (Å²) in [5.41, 5.74) is 0.741. The number of pyridine rings is 1. The Bertz CT molecular complexity index is 697. The molecule has 0 amide bonds. The van der Waals surface area contributed by atoms with E-state index in [2.05, 4.69) is 4.98 Å². The van der Waals surface area contributed by atoms with Gasteiger partial charge in [0.15, 0.2) is 0 Å². The highest BCUT2D eigenvalue weighted by Gasteiger charge is 2.32. The maximum absolute atomic E-state index is 12.7. The molecule has 2 aromatic rings. The largest absolute Gasteiger partial charge is 0.298 e. The lowest BCUT2D eigenvalue weighted by atomic mass is 10.2. The second-order valence-corrected chi connectivity index (χ2v) is 7.70. The van der Waals surface area contributed by atoms with E-state index in [0.717, 1.165) is 16.9 Å². The van der Waals surface area contributed by atoms with E-state index < -0.39 is 16.1 Å². The van der Waals surface area contributed by atoms with E-state index in [0.29, 0.717) is 0 Å². The number of nitrogens with zero attached hydrogens (tertiary/aromatic N) is 2. The van der Waals surface area contributed by atoms with Crippen molar-refractivity contribution in [1.82, 2.24) is 9.29 Å². The second kappa shape index (κ2) is 6.46. The van der Waals surface area contributed by atoms with Crippen molar-refractivity contribution >= 4 is 27.1 Å². The summed E-state index contributed by atoms with van der Waals surface area (Å²) in [6, 6.07) is 6.03. The standard InChI is InChI=1S/C14H16N2O3S2/c1-11(12(2)17)16(10-13-5-3-7-15-9-13)21(18,19)14-6-4-8-20-14/h3-9,11H,10H2,1-2H3/t11-/m1/s1. The summed E-state index contributed by atoms with van der Waals surface area (Å²) in [5, 5.41) is 1.70. The fourth-order valence-corrected chi connectivity index (χ4v) is 4.58. The first kappa shape index (κ1) is 15.8. The molecule has 0 aliphatic carbocycles. The molecule has 0 fully saturated rings. The molecule has 0 saturated heterocycles. The first-order valence-electron chi connectivity index (χ1n) is 6.37. The van der Waals surface area contributed by atoms with Crippen LogP contribution in [0.25, 0.3) is 0 Å². The van der Waals surface area contributed by atoms with Gasteiger partial charge in [0.05, 0.1) is 6.04 Å². The molecule has 1 atom stereocenters. The summed E-state index contributed by atoms with van der Waals surface area (Å²) < 4.78 is 26.9. The minimum Gasteiger partial charge on any atom is -0.298 e. The van der Waals surface area contributed by atoms with Crippen LogP contribution in [0.5, 0.6) is 0 Å². The molecule has 0 bridgehead atoms. The molecule has 21 heavy (non-hydrogen) atoms. The van der Waals surface area contributed by atoms with Gasteiger partial charge in [-0.2, -0.15) is 4.31 Å². The summed E-state index contributed by atoms with van der Waals surface area (Å²) in [6.07, 6.45) is 3.22. The molecular formula is C14H16N2O3S2. The van der Waals surface area contributed by atoms with Crippen molar-refractivity contribution in [1.29, 1.82) is 0 Å². The summed E-state index contributed by atoms with van der Waals surface area (Å²) in [4.78, 5) is 15.7. The smallest absolute Gasteiger partial charge is 0.253 e. The van der Waals surface area contributed by atoms with Crippen molar-refractivity contribution in [2.45, 2.75) is 30.6 Å². The van der Waals surface area contributed by atoms with Crippen LogP contribution in [0.1, 0.15) is 19.4 Å². The van der Waals surface area contributed by atoms with Crippen LogP contribution < -0.4 is 0 Å². The molecule has 112 valence electrons. The number of thiophene rings is 1. The highest BCUT2D eigenvalue weighted by molar-refractivity contribution is 7.91. The van der Waals surface area contributed by atoms with Gasteiger partial charge in [-0.05, 0) is 36.9 Å². The molecule has 5 nitrogen and oxygen atoms in total. The van der Waals surface area contributed by atoms with Crippen LogP contribution in [0.4, 0.5) is 0 Å². The first-order chi connectivity index (χ1) is 9.93. The third-order valence-corrected chi connectivity index (χ3v) is 6.43. The molecule has 0 saturated carbocycles. The number of aromatic nitrogens is 1. The minimum absolute atomic E-state index is 0.120. The average Bonchev–Trinajstić information content (AvgIpc) is 3.00. The van der Waals surface area contributed by atoms with E-state index >= 15 is 0 Å². The number of hydrogen-bond donors (Lipinski definition) is 0. The van der Waals surface area contributed by atoms with Gasteiger partial charge in [-0.1, -0.05) is 12.1 Å². The van der Waals surface area contributed by atoms with Gasteiger partial charge in [0, 0.05) is 18.9 Å². The fourth-order valence-electron chi connectivity index (χ4n) is 1.83. The van der Waals surface area contributed by atoms with E-state index in [-0.39, 0.29) is 16.5 Å². The Balaban J connectivity index is 2.40. The van der Waals surface area contributed by atoms with Gasteiger partial charge < -0.3 is 0 Å². The Labute approximate surface area is 128 Å². The lowest BCUT2D eigenvalue weighted by Crippen LogP contribution is -2.41. The van der Waals surface area contributed by atoms with Crippen molar-refractivity contribution in [2.24, 2.45) is 0 Å². The lowest BCUT2D eigenvalue weighted by molar-refractivity contribution is -0.120. The molecule has 7 heteroatoms. The van der Waals surface area contributed by atoms with Crippen molar-refractivity contribution in [2.75, 3.05) is 0 Å². The van der Waals surface area contributed by atoms with Gasteiger partial charge in [0.25, 0.3) is 10.0 Å². The van der Waals surface area contributed by atoms with Gasteiger partial charge in [-0.3, -0.25) is 9.78 Å². The van der Waals surface area contributed by atoms with Crippen LogP contribution in [-0.4, -0.2) is 29.5 Å². The Morgan fingerprint density at radius 2 is 2.14 bits per heavy atom. The third-order valence-electron chi connectivity index (χ3n) is 3.14. The molecular weight excluding hydrogens is 308 g/mol. The van der Waals surface area contributed by atoms with Gasteiger partial charge in [0.1, 0.15) is 9.99 Å². The van der Waals surface area contributed by atoms with Gasteiger partial charge in [-0.15, -0.1) is 11.3 Å². The number of sulfonamides is 1. The molecule has 0 aliphatic heterocycles. The monoisotopic (exact) mass is 324 g/mol. The van der Waals surface area contributed by atoms with E-state index in [9.17, 15) is 13.2 Å². The Morgan fingerprint density at radius 1 is 1.38 bits per heavy atom. The highest BCUT2D eigenvalue weighted by Crippen LogP contribution is 2.24. The average molecular weight is 324 g/mol. The highest BCUT2D eigenvalue weighted by atomic mass is 32.2. The van der Waals surface area contributed by atoms with Crippen LogP contribution in [0.15, 0.2) is 46.2 Å². The molecule has 2 rings (SSSR count). The SMILES string of the molecule is CC(=O)[C@@H](C)N(Cc1cccnc1)S(=O)(=O)c1cccs1. The summed E-state index contributed by atoms with van der Waals surface area (Å²) in [6.45, 7) is 3.11. The second-order valence-electron chi connectivity index (χ2n) is 4.63. The first-order valence-corrected chi connectivity index (χ1v) is 8.69. The van der Waals surface area contributed by atoms with Gasteiger partial charge in [-0.25, -0.2) is 8.42 Å². The summed E-state index contributed by atoms with van der Waals surface area (Å²) in [7, 11) is -3.70. The number of ketones is 1. The van der Waals surface area contributed by atoms with Crippen LogP contribution in [0, 0.1) is 0 Å². The van der Waals surface area contributed by atoms with E-state index in [4.69, 9.17) is 0 Å². The molecule has 0 unspecified atom stereocenters. The predicted octanol–water partition coefficient (Wildman–Crippen LogP) is 2.31. The van der Waals surface area contributed by atoms with Crippen molar-refractivity contribution < 1.29 is 13.2 Å². The molecule has 0 N–H and O–H groups in total. The maximum atomic E-state index is 12.7. The predicted molar refractivity (Wildman–Crippen MR) is 81.4 cm³/mol. The number of rotatable bonds is 6. The van der Waals surface area contributed by atoms with Crippen molar-refractivity contribution in [3.63, 3.8) is 0 Å². The summed E-state index contributed by atoms with van der Waals surface area (Å²) >= 11 is 1.14. The number of carbonyl (C=O) groups excluding carboxylic acids is 1. The van der Waals surface area contributed by atoms with Crippen LogP contribution >= 0.6 is 11.3 Å². The Hall–Kier alpha value is -1.57. The van der Waals surface area contributed by atoms with Crippen molar-refractivity contribution in [3.8, 4) is 0 Å². The zero-order valence-electron chi connectivity index (χ0n) is 11.8. The fraction of sp³-hybridized carbons (Fsp3) is 0.286. The zero-order chi connectivity index (χ0) is 15.5. The topological polar surface area (TPSA) is 67.3 Å². The van der Waals surface area contributed by atoms with Gasteiger partial charge in [0.2, 0.25) is 0 Å². The van der Waals surface area contributed by atoms with Crippen molar-refractivity contribution in [3.05, 3.63) is 47.6 Å². The molecule has 0 spiro atoms. The normalized spacial score (nSPS) is 13.3.